The fourth-order valence-corrected chi connectivity index (χ4v) is 2.96. The van der Waals surface area contributed by atoms with E-state index in [2.05, 4.69) is 34.5 Å². The molecule has 2 aliphatic heterocycles. The number of nitrogens with zero attached hydrogens (tertiary/aromatic N) is 1. The minimum Gasteiger partial charge on any atom is -0.392 e. The van der Waals surface area contributed by atoms with Gasteiger partial charge in [0.2, 0.25) is 0 Å². The van der Waals surface area contributed by atoms with Gasteiger partial charge in [-0.3, -0.25) is 4.90 Å². The summed E-state index contributed by atoms with van der Waals surface area (Å²) < 4.78 is 0. The van der Waals surface area contributed by atoms with Crippen LogP contribution in [0.1, 0.15) is 17.5 Å². The van der Waals surface area contributed by atoms with Crippen molar-refractivity contribution in [3.05, 3.63) is 35.4 Å². The standard InChI is InChI=1S/C14H20N2O/c17-14-7-13(15-8-14)10-16-6-5-11-3-1-2-4-12(11)9-16/h1-4,13-15,17H,5-10H2. The van der Waals surface area contributed by atoms with Gasteiger partial charge in [-0.15, -0.1) is 0 Å². The minimum atomic E-state index is -0.142. The number of aliphatic hydroxyl groups is 1. The molecule has 0 aliphatic carbocycles. The molecule has 1 aromatic rings. The first kappa shape index (κ1) is 11.2. The molecule has 92 valence electrons. The summed E-state index contributed by atoms with van der Waals surface area (Å²) in [4.78, 5) is 2.50. The van der Waals surface area contributed by atoms with Gasteiger partial charge in [0.15, 0.2) is 0 Å². The van der Waals surface area contributed by atoms with Gasteiger partial charge in [0.1, 0.15) is 0 Å². The van der Waals surface area contributed by atoms with Crippen LogP contribution in [0.3, 0.4) is 0 Å². The number of fused-ring (bicyclic) bond motifs is 1. The fraction of sp³-hybridized carbons (Fsp3) is 0.571. The molecular formula is C14H20N2O. The quantitative estimate of drug-likeness (QED) is 0.790. The summed E-state index contributed by atoms with van der Waals surface area (Å²) in [7, 11) is 0. The average molecular weight is 232 g/mol. The topological polar surface area (TPSA) is 35.5 Å². The first-order valence-electron chi connectivity index (χ1n) is 6.52. The summed E-state index contributed by atoms with van der Waals surface area (Å²) in [6, 6.07) is 9.20. The number of benzene rings is 1. The number of hydrogen-bond acceptors (Lipinski definition) is 3. The van der Waals surface area contributed by atoms with E-state index in [1.54, 1.807) is 0 Å². The van der Waals surface area contributed by atoms with Gasteiger partial charge in [-0.2, -0.15) is 0 Å². The predicted octanol–water partition coefficient (Wildman–Crippen LogP) is 0.767. The van der Waals surface area contributed by atoms with Gasteiger partial charge in [-0.25, -0.2) is 0 Å². The lowest BCUT2D eigenvalue weighted by Crippen LogP contribution is -2.40. The van der Waals surface area contributed by atoms with Crippen LogP contribution in [0.5, 0.6) is 0 Å². The molecule has 3 rings (SSSR count). The molecule has 3 nitrogen and oxygen atoms in total. The molecule has 0 aromatic heterocycles. The molecule has 1 fully saturated rings. The maximum Gasteiger partial charge on any atom is 0.0680 e. The van der Waals surface area contributed by atoms with Crippen LogP contribution in [0.4, 0.5) is 0 Å². The maximum atomic E-state index is 9.51. The normalized spacial score (nSPS) is 29.2. The van der Waals surface area contributed by atoms with Gasteiger partial charge in [0.25, 0.3) is 0 Å². The van der Waals surface area contributed by atoms with E-state index in [9.17, 15) is 5.11 Å². The van der Waals surface area contributed by atoms with Crippen LogP contribution in [0.25, 0.3) is 0 Å². The van der Waals surface area contributed by atoms with E-state index in [1.165, 1.54) is 11.1 Å². The monoisotopic (exact) mass is 232 g/mol. The Kier molecular flexibility index (Phi) is 3.14. The second-order valence-corrected chi connectivity index (χ2v) is 5.25. The van der Waals surface area contributed by atoms with Crippen LogP contribution in [0, 0.1) is 0 Å². The number of aliphatic hydroxyl groups excluding tert-OH is 1. The third kappa shape index (κ3) is 2.51. The Bertz CT molecular complexity index is 394. The van der Waals surface area contributed by atoms with Crippen molar-refractivity contribution < 1.29 is 5.11 Å². The van der Waals surface area contributed by atoms with Crippen molar-refractivity contribution in [2.75, 3.05) is 19.6 Å². The van der Waals surface area contributed by atoms with Crippen LogP contribution < -0.4 is 5.32 Å². The second-order valence-electron chi connectivity index (χ2n) is 5.25. The van der Waals surface area contributed by atoms with Crippen molar-refractivity contribution in [3.63, 3.8) is 0 Å². The van der Waals surface area contributed by atoms with Gasteiger partial charge in [-0.1, -0.05) is 24.3 Å². The number of hydrogen-bond donors (Lipinski definition) is 2. The Morgan fingerprint density at radius 3 is 2.88 bits per heavy atom. The van der Waals surface area contributed by atoms with Crippen molar-refractivity contribution >= 4 is 0 Å². The third-order valence-electron chi connectivity index (χ3n) is 3.89. The Morgan fingerprint density at radius 1 is 1.29 bits per heavy atom. The summed E-state index contributed by atoms with van der Waals surface area (Å²) in [6.07, 6.45) is 1.92. The fourth-order valence-electron chi connectivity index (χ4n) is 2.96. The average Bonchev–Trinajstić information content (AvgIpc) is 2.75. The molecule has 0 radical (unpaired) electrons. The lowest BCUT2D eigenvalue weighted by Gasteiger charge is -2.30. The first-order chi connectivity index (χ1) is 8.31. The molecule has 0 amide bonds. The summed E-state index contributed by atoms with van der Waals surface area (Å²) in [5.41, 5.74) is 2.97. The Balaban J connectivity index is 1.61. The Labute approximate surface area is 102 Å². The molecule has 1 aromatic carbocycles. The zero-order valence-corrected chi connectivity index (χ0v) is 10.1. The van der Waals surface area contributed by atoms with Crippen molar-refractivity contribution in [2.45, 2.75) is 31.5 Å². The van der Waals surface area contributed by atoms with E-state index in [1.807, 2.05) is 0 Å². The molecule has 2 atom stereocenters. The molecule has 0 saturated carbocycles. The largest absolute Gasteiger partial charge is 0.392 e. The van der Waals surface area contributed by atoms with Gasteiger partial charge in [0, 0.05) is 32.2 Å². The smallest absolute Gasteiger partial charge is 0.0680 e. The van der Waals surface area contributed by atoms with Crippen molar-refractivity contribution in [1.29, 1.82) is 0 Å². The molecular weight excluding hydrogens is 212 g/mol. The van der Waals surface area contributed by atoms with Crippen LogP contribution >= 0.6 is 0 Å². The first-order valence-corrected chi connectivity index (χ1v) is 6.52. The highest BCUT2D eigenvalue weighted by atomic mass is 16.3. The van der Waals surface area contributed by atoms with E-state index in [0.717, 1.165) is 39.0 Å². The highest BCUT2D eigenvalue weighted by Gasteiger charge is 2.25. The number of nitrogens with one attached hydrogen (secondary N) is 1. The molecule has 2 aliphatic rings. The van der Waals surface area contributed by atoms with E-state index in [0.29, 0.717) is 6.04 Å². The number of β-amino-alcohol motifs (C(OH)–C–C–N with tert-alkyl or cyclic N) is 1. The molecule has 1 saturated heterocycles. The van der Waals surface area contributed by atoms with Crippen molar-refractivity contribution in [3.8, 4) is 0 Å². The molecule has 0 spiro atoms. The lowest BCUT2D eigenvalue weighted by atomic mass is 9.99. The summed E-state index contributed by atoms with van der Waals surface area (Å²) in [5, 5.41) is 12.9. The van der Waals surface area contributed by atoms with E-state index < -0.39 is 0 Å². The van der Waals surface area contributed by atoms with Crippen LogP contribution in [-0.2, 0) is 13.0 Å². The zero-order chi connectivity index (χ0) is 11.7. The van der Waals surface area contributed by atoms with E-state index in [-0.39, 0.29) is 6.10 Å². The summed E-state index contributed by atoms with van der Waals surface area (Å²) >= 11 is 0. The Hall–Kier alpha value is -0.900. The third-order valence-corrected chi connectivity index (χ3v) is 3.89. The molecule has 2 heterocycles. The van der Waals surface area contributed by atoms with Crippen LogP contribution in [-0.4, -0.2) is 41.8 Å². The molecule has 2 unspecified atom stereocenters. The van der Waals surface area contributed by atoms with Crippen molar-refractivity contribution in [2.24, 2.45) is 0 Å². The SMILES string of the molecule is OC1CNC(CN2CCc3ccccc3C2)C1. The van der Waals surface area contributed by atoms with Gasteiger partial charge < -0.3 is 10.4 Å². The van der Waals surface area contributed by atoms with Gasteiger partial charge in [-0.05, 0) is 24.0 Å². The maximum absolute atomic E-state index is 9.51. The summed E-state index contributed by atoms with van der Waals surface area (Å²) in [6.45, 7) is 4.02. The molecule has 0 bridgehead atoms. The highest BCUT2D eigenvalue weighted by molar-refractivity contribution is 5.29. The molecule has 17 heavy (non-hydrogen) atoms. The van der Waals surface area contributed by atoms with Crippen LogP contribution in [0.15, 0.2) is 24.3 Å². The number of rotatable bonds is 2. The van der Waals surface area contributed by atoms with E-state index in [4.69, 9.17) is 0 Å². The van der Waals surface area contributed by atoms with E-state index >= 15 is 0 Å². The van der Waals surface area contributed by atoms with Gasteiger partial charge >= 0.3 is 0 Å². The summed E-state index contributed by atoms with van der Waals surface area (Å²) in [5.74, 6) is 0. The van der Waals surface area contributed by atoms with Crippen molar-refractivity contribution in [1.82, 2.24) is 10.2 Å². The molecule has 2 N–H and O–H groups in total. The van der Waals surface area contributed by atoms with Crippen LogP contribution in [0.2, 0.25) is 0 Å². The highest BCUT2D eigenvalue weighted by Crippen LogP contribution is 2.19. The second kappa shape index (κ2) is 4.77. The minimum absolute atomic E-state index is 0.142. The lowest BCUT2D eigenvalue weighted by molar-refractivity contribution is 0.184. The molecule has 3 heteroatoms. The predicted molar refractivity (Wildman–Crippen MR) is 67.8 cm³/mol. The zero-order valence-electron chi connectivity index (χ0n) is 10.1. The van der Waals surface area contributed by atoms with Gasteiger partial charge in [0.05, 0.1) is 6.10 Å². The Morgan fingerprint density at radius 2 is 2.12 bits per heavy atom.